The molecule has 0 fully saturated rings. The topological polar surface area (TPSA) is 74.9 Å². The van der Waals surface area contributed by atoms with E-state index in [2.05, 4.69) is 10.2 Å². The second kappa shape index (κ2) is 3.52. The van der Waals surface area contributed by atoms with Gasteiger partial charge in [0.15, 0.2) is 0 Å². The summed E-state index contributed by atoms with van der Waals surface area (Å²) in [6.07, 6.45) is 1.62. The number of phenolic OH excluding ortho intramolecular Hbond substituents is 1. The highest BCUT2D eigenvalue weighted by molar-refractivity contribution is 6.01. The van der Waals surface area contributed by atoms with Gasteiger partial charge in [0.05, 0.1) is 6.20 Å². The molecule has 2 aromatic carbocycles. The lowest BCUT2D eigenvalue weighted by Gasteiger charge is -2.07. The van der Waals surface area contributed by atoms with Crippen molar-refractivity contribution in [3.63, 3.8) is 0 Å². The predicted octanol–water partition coefficient (Wildman–Crippen LogP) is 2.52. The Morgan fingerprint density at radius 1 is 1.12 bits per heavy atom. The summed E-state index contributed by atoms with van der Waals surface area (Å²) in [5, 5.41) is 18.6. The minimum Gasteiger partial charge on any atom is -0.507 e. The molecule has 0 radical (unpaired) electrons. The maximum Gasteiger partial charge on any atom is 0.126 e. The Hall–Kier alpha value is -2.49. The summed E-state index contributed by atoms with van der Waals surface area (Å²) in [5.74, 6) is 0.661. The van der Waals surface area contributed by atoms with Crippen molar-refractivity contribution < 1.29 is 5.11 Å². The molecule has 4 N–H and O–H groups in total. The van der Waals surface area contributed by atoms with Crippen molar-refractivity contribution in [2.24, 2.45) is 0 Å². The molecule has 0 unspecified atom stereocenters. The quantitative estimate of drug-likeness (QED) is 0.595. The Labute approximate surface area is 97.7 Å². The van der Waals surface area contributed by atoms with Crippen LogP contribution in [0.15, 0.2) is 42.6 Å². The molecule has 0 saturated carbocycles. The molecule has 4 nitrogen and oxygen atoms in total. The van der Waals surface area contributed by atoms with Gasteiger partial charge in [-0.25, -0.2) is 0 Å². The number of benzene rings is 2. The highest BCUT2D eigenvalue weighted by atomic mass is 16.3. The molecule has 3 rings (SSSR count). The Morgan fingerprint density at radius 2 is 1.94 bits per heavy atom. The van der Waals surface area contributed by atoms with Crippen LogP contribution < -0.4 is 5.73 Å². The Balaban J connectivity index is 2.42. The van der Waals surface area contributed by atoms with E-state index < -0.39 is 0 Å². The summed E-state index contributed by atoms with van der Waals surface area (Å²) in [6, 6.07) is 11.4. The van der Waals surface area contributed by atoms with Gasteiger partial charge >= 0.3 is 0 Å². The van der Waals surface area contributed by atoms with E-state index in [4.69, 9.17) is 5.73 Å². The monoisotopic (exact) mass is 225 g/mol. The zero-order chi connectivity index (χ0) is 11.8. The molecule has 0 aliphatic rings. The highest BCUT2D eigenvalue weighted by Gasteiger charge is 2.13. The maximum absolute atomic E-state index is 10.0. The molecule has 0 amide bonds. The van der Waals surface area contributed by atoms with Crippen molar-refractivity contribution in [3.05, 3.63) is 42.6 Å². The van der Waals surface area contributed by atoms with E-state index in [0.29, 0.717) is 11.4 Å². The third-order valence-corrected chi connectivity index (χ3v) is 2.85. The number of nitrogens with two attached hydrogens (primary N) is 1. The smallest absolute Gasteiger partial charge is 0.126 e. The van der Waals surface area contributed by atoms with E-state index in [-0.39, 0.29) is 5.75 Å². The third-order valence-electron chi connectivity index (χ3n) is 2.85. The third kappa shape index (κ3) is 1.42. The molecule has 4 heteroatoms. The SMILES string of the molecule is Nc1[nH]ncc1-c1c(O)ccc2ccccc12. The first-order valence-corrected chi connectivity index (χ1v) is 5.27. The lowest BCUT2D eigenvalue weighted by atomic mass is 9.99. The molecule has 0 bridgehead atoms. The number of hydrogen-bond acceptors (Lipinski definition) is 3. The summed E-state index contributed by atoms with van der Waals surface area (Å²) in [7, 11) is 0. The minimum atomic E-state index is 0.205. The van der Waals surface area contributed by atoms with Gasteiger partial charge in [-0.2, -0.15) is 5.10 Å². The van der Waals surface area contributed by atoms with Gasteiger partial charge in [0.25, 0.3) is 0 Å². The van der Waals surface area contributed by atoms with Gasteiger partial charge in [0.1, 0.15) is 11.6 Å². The molecule has 84 valence electrons. The lowest BCUT2D eigenvalue weighted by Crippen LogP contribution is -1.89. The van der Waals surface area contributed by atoms with Gasteiger partial charge in [0.2, 0.25) is 0 Å². The molecule has 1 heterocycles. The predicted molar refractivity (Wildman–Crippen MR) is 67.6 cm³/mol. The van der Waals surface area contributed by atoms with Gasteiger partial charge in [-0.05, 0) is 16.8 Å². The largest absolute Gasteiger partial charge is 0.507 e. The summed E-state index contributed by atoms with van der Waals surface area (Å²) >= 11 is 0. The first-order valence-electron chi connectivity index (χ1n) is 5.27. The number of nitrogen functional groups attached to an aromatic ring is 1. The van der Waals surface area contributed by atoms with Crippen LogP contribution in [0, 0.1) is 0 Å². The zero-order valence-electron chi connectivity index (χ0n) is 9.01. The van der Waals surface area contributed by atoms with Crippen molar-refractivity contribution in [2.45, 2.75) is 0 Å². The second-order valence-corrected chi connectivity index (χ2v) is 3.88. The van der Waals surface area contributed by atoms with Crippen molar-refractivity contribution >= 4 is 16.6 Å². The molecule has 17 heavy (non-hydrogen) atoms. The van der Waals surface area contributed by atoms with Gasteiger partial charge < -0.3 is 10.8 Å². The fraction of sp³-hybridized carbons (Fsp3) is 0. The van der Waals surface area contributed by atoms with Crippen LogP contribution in [0.5, 0.6) is 5.75 Å². The van der Waals surface area contributed by atoms with Crippen LogP contribution in [0.4, 0.5) is 5.82 Å². The summed E-state index contributed by atoms with van der Waals surface area (Å²) in [5.41, 5.74) is 7.24. The minimum absolute atomic E-state index is 0.205. The molecule has 0 aliphatic carbocycles. The number of aromatic hydroxyl groups is 1. The van der Waals surface area contributed by atoms with Gasteiger partial charge in [-0.3, -0.25) is 5.10 Å². The molecule has 0 aliphatic heterocycles. The number of hydrogen-bond donors (Lipinski definition) is 3. The van der Waals surface area contributed by atoms with E-state index in [9.17, 15) is 5.11 Å². The van der Waals surface area contributed by atoms with E-state index in [0.717, 1.165) is 16.3 Å². The van der Waals surface area contributed by atoms with Crippen LogP contribution in [0.25, 0.3) is 21.9 Å². The zero-order valence-corrected chi connectivity index (χ0v) is 9.01. The Kier molecular flexibility index (Phi) is 2.01. The molecular formula is C13H11N3O. The van der Waals surface area contributed by atoms with Crippen LogP contribution in [0.2, 0.25) is 0 Å². The maximum atomic E-state index is 10.0. The number of nitrogens with zero attached hydrogens (tertiary/aromatic N) is 1. The summed E-state index contributed by atoms with van der Waals surface area (Å²) in [6.45, 7) is 0. The lowest BCUT2D eigenvalue weighted by molar-refractivity contribution is 0.478. The highest BCUT2D eigenvalue weighted by Crippen LogP contribution is 2.38. The van der Waals surface area contributed by atoms with Crippen molar-refractivity contribution in [1.29, 1.82) is 0 Å². The standard InChI is InChI=1S/C13H11N3O/c14-13-10(7-15-16-13)12-9-4-2-1-3-8(9)5-6-11(12)17/h1-7,17H,(H3,14,15,16). The average Bonchev–Trinajstić information content (AvgIpc) is 2.75. The van der Waals surface area contributed by atoms with Crippen molar-refractivity contribution in [2.75, 3.05) is 5.73 Å². The van der Waals surface area contributed by atoms with Crippen LogP contribution in [0.3, 0.4) is 0 Å². The fourth-order valence-corrected chi connectivity index (χ4v) is 2.04. The molecule has 0 spiro atoms. The summed E-state index contributed by atoms with van der Waals surface area (Å²) < 4.78 is 0. The van der Waals surface area contributed by atoms with Crippen LogP contribution in [-0.2, 0) is 0 Å². The number of rotatable bonds is 1. The molecule has 3 aromatic rings. The van der Waals surface area contributed by atoms with Crippen LogP contribution >= 0.6 is 0 Å². The number of fused-ring (bicyclic) bond motifs is 1. The first kappa shape index (κ1) is 9.72. The number of nitrogens with one attached hydrogen (secondary N) is 1. The van der Waals surface area contributed by atoms with Gasteiger partial charge in [-0.15, -0.1) is 0 Å². The van der Waals surface area contributed by atoms with Crippen LogP contribution in [0.1, 0.15) is 0 Å². The van der Waals surface area contributed by atoms with Gasteiger partial charge in [-0.1, -0.05) is 30.3 Å². The fourth-order valence-electron chi connectivity index (χ4n) is 2.04. The van der Waals surface area contributed by atoms with Gasteiger partial charge in [0, 0.05) is 11.1 Å². The Bertz CT molecular complexity index is 688. The van der Waals surface area contributed by atoms with Crippen molar-refractivity contribution in [1.82, 2.24) is 10.2 Å². The number of phenols is 1. The second-order valence-electron chi connectivity index (χ2n) is 3.88. The number of aromatic amines is 1. The first-order chi connectivity index (χ1) is 8.27. The van der Waals surface area contributed by atoms with E-state index in [1.807, 2.05) is 30.3 Å². The molecular weight excluding hydrogens is 214 g/mol. The normalized spacial score (nSPS) is 10.8. The van der Waals surface area contributed by atoms with E-state index >= 15 is 0 Å². The number of anilines is 1. The molecule has 0 atom stereocenters. The molecule has 1 aromatic heterocycles. The summed E-state index contributed by atoms with van der Waals surface area (Å²) in [4.78, 5) is 0. The number of aromatic nitrogens is 2. The van der Waals surface area contributed by atoms with Crippen molar-refractivity contribution in [3.8, 4) is 16.9 Å². The number of H-pyrrole nitrogens is 1. The van der Waals surface area contributed by atoms with Crippen LogP contribution in [-0.4, -0.2) is 15.3 Å². The van der Waals surface area contributed by atoms with E-state index in [1.54, 1.807) is 12.3 Å². The average molecular weight is 225 g/mol. The Morgan fingerprint density at radius 3 is 2.71 bits per heavy atom. The van der Waals surface area contributed by atoms with E-state index in [1.165, 1.54) is 0 Å². The molecule has 0 saturated heterocycles.